The first-order chi connectivity index (χ1) is 9.72. The Hall–Kier alpha value is -1.55. The van der Waals surface area contributed by atoms with Crippen molar-refractivity contribution in [3.8, 4) is 0 Å². The van der Waals surface area contributed by atoms with E-state index in [-0.39, 0.29) is 12.1 Å². The van der Waals surface area contributed by atoms with Crippen LogP contribution in [0.2, 0.25) is 0 Å². The highest BCUT2D eigenvalue weighted by Crippen LogP contribution is 2.22. The first-order valence-corrected chi connectivity index (χ1v) is 7.56. The van der Waals surface area contributed by atoms with Gasteiger partial charge in [0.2, 0.25) is 0 Å². The number of rotatable bonds is 2. The van der Waals surface area contributed by atoms with Crippen LogP contribution in [0, 0.1) is 5.92 Å². The molecule has 3 atom stereocenters. The van der Waals surface area contributed by atoms with Crippen molar-refractivity contribution in [1.82, 2.24) is 15.5 Å². The molecule has 2 N–H and O–H groups in total. The van der Waals surface area contributed by atoms with Gasteiger partial charge in [0, 0.05) is 19.1 Å². The van der Waals surface area contributed by atoms with Crippen LogP contribution in [0.15, 0.2) is 30.3 Å². The lowest BCUT2D eigenvalue weighted by atomic mass is 9.97. The van der Waals surface area contributed by atoms with Crippen LogP contribution in [0.4, 0.5) is 4.79 Å². The fourth-order valence-electron chi connectivity index (χ4n) is 3.21. The second-order valence-corrected chi connectivity index (χ2v) is 6.04. The van der Waals surface area contributed by atoms with E-state index < -0.39 is 0 Å². The number of fused-ring (bicyclic) bond motifs is 4. The Balaban J connectivity index is 1.61. The standard InChI is InChI=1S/C16H23N3O/c1-12(14-5-3-2-4-6-14)18-16(20)19-10-13-7-8-15(11-19)17-9-13/h2-6,12-13,15,17H,7-11H2,1H3,(H,18,20)/t12-,13?,15?/m0/s1. The Bertz CT molecular complexity index is 440. The zero-order chi connectivity index (χ0) is 13.9. The SMILES string of the molecule is C[C@H](NC(=O)N1CC2CCC(C1)NC2)c1ccccc1. The summed E-state index contributed by atoms with van der Waals surface area (Å²) in [4.78, 5) is 14.4. The molecule has 3 saturated heterocycles. The summed E-state index contributed by atoms with van der Waals surface area (Å²) >= 11 is 0. The first-order valence-electron chi connectivity index (χ1n) is 7.56. The van der Waals surface area contributed by atoms with E-state index in [1.807, 2.05) is 30.0 Å². The Morgan fingerprint density at radius 3 is 2.80 bits per heavy atom. The van der Waals surface area contributed by atoms with Crippen molar-refractivity contribution in [2.75, 3.05) is 19.6 Å². The predicted octanol–water partition coefficient (Wildman–Crippen LogP) is 2.14. The number of benzene rings is 1. The molecule has 2 amide bonds. The molecular weight excluding hydrogens is 250 g/mol. The molecule has 2 unspecified atom stereocenters. The van der Waals surface area contributed by atoms with E-state index in [4.69, 9.17) is 0 Å². The number of urea groups is 1. The van der Waals surface area contributed by atoms with E-state index in [0.717, 1.165) is 25.2 Å². The molecule has 20 heavy (non-hydrogen) atoms. The topological polar surface area (TPSA) is 44.4 Å². The van der Waals surface area contributed by atoms with E-state index in [1.165, 1.54) is 12.8 Å². The Kier molecular flexibility index (Phi) is 3.92. The van der Waals surface area contributed by atoms with Crippen LogP contribution >= 0.6 is 0 Å². The fraction of sp³-hybridized carbons (Fsp3) is 0.562. The zero-order valence-electron chi connectivity index (χ0n) is 12.0. The van der Waals surface area contributed by atoms with Gasteiger partial charge >= 0.3 is 6.03 Å². The van der Waals surface area contributed by atoms with E-state index in [0.29, 0.717) is 12.0 Å². The molecule has 108 valence electrons. The molecule has 2 bridgehead atoms. The number of piperidine rings is 1. The van der Waals surface area contributed by atoms with E-state index >= 15 is 0 Å². The van der Waals surface area contributed by atoms with Crippen molar-refractivity contribution in [2.24, 2.45) is 5.92 Å². The largest absolute Gasteiger partial charge is 0.331 e. The normalized spacial score (nSPS) is 26.9. The first kappa shape index (κ1) is 13.4. The summed E-state index contributed by atoms with van der Waals surface area (Å²) in [5.41, 5.74) is 1.15. The monoisotopic (exact) mass is 273 g/mol. The van der Waals surface area contributed by atoms with Crippen LogP contribution in [-0.4, -0.2) is 36.6 Å². The van der Waals surface area contributed by atoms with Crippen LogP contribution in [0.25, 0.3) is 0 Å². The molecule has 1 aromatic rings. The summed E-state index contributed by atoms with van der Waals surface area (Å²) in [6, 6.07) is 10.7. The van der Waals surface area contributed by atoms with Gasteiger partial charge in [-0.25, -0.2) is 4.79 Å². The molecule has 0 radical (unpaired) electrons. The molecule has 4 nitrogen and oxygen atoms in total. The Morgan fingerprint density at radius 2 is 2.10 bits per heavy atom. The van der Waals surface area contributed by atoms with Gasteiger partial charge in [0.15, 0.2) is 0 Å². The summed E-state index contributed by atoms with van der Waals surface area (Å²) in [6.45, 7) is 4.82. The number of carbonyl (C=O) groups excluding carboxylic acids is 1. The maximum Gasteiger partial charge on any atom is 0.317 e. The Labute approximate surface area is 120 Å². The second-order valence-electron chi connectivity index (χ2n) is 6.04. The van der Waals surface area contributed by atoms with Gasteiger partial charge in [-0.05, 0) is 37.8 Å². The third-order valence-corrected chi connectivity index (χ3v) is 4.46. The van der Waals surface area contributed by atoms with Crippen LogP contribution in [0.5, 0.6) is 0 Å². The van der Waals surface area contributed by atoms with Crippen molar-refractivity contribution >= 4 is 6.03 Å². The van der Waals surface area contributed by atoms with Crippen molar-refractivity contribution < 1.29 is 4.79 Å². The van der Waals surface area contributed by atoms with Crippen molar-refractivity contribution in [2.45, 2.75) is 31.8 Å². The number of nitrogens with one attached hydrogen (secondary N) is 2. The van der Waals surface area contributed by atoms with Gasteiger partial charge in [0.1, 0.15) is 0 Å². The highest BCUT2D eigenvalue weighted by molar-refractivity contribution is 5.74. The third kappa shape index (κ3) is 2.96. The second kappa shape index (κ2) is 5.83. The quantitative estimate of drug-likeness (QED) is 0.867. The molecule has 3 fully saturated rings. The van der Waals surface area contributed by atoms with Gasteiger partial charge in [0.25, 0.3) is 0 Å². The lowest BCUT2D eigenvalue weighted by Gasteiger charge is -2.25. The minimum Gasteiger partial charge on any atom is -0.331 e. The summed E-state index contributed by atoms with van der Waals surface area (Å²) in [5, 5.41) is 6.65. The minimum absolute atomic E-state index is 0.0533. The third-order valence-electron chi connectivity index (χ3n) is 4.46. The fourth-order valence-corrected chi connectivity index (χ4v) is 3.21. The number of nitrogens with zero attached hydrogens (tertiary/aromatic N) is 1. The zero-order valence-corrected chi connectivity index (χ0v) is 12.0. The molecule has 4 heteroatoms. The van der Waals surface area contributed by atoms with E-state index in [9.17, 15) is 4.79 Å². The van der Waals surface area contributed by atoms with Crippen molar-refractivity contribution in [1.29, 1.82) is 0 Å². The van der Waals surface area contributed by atoms with Crippen LogP contribution < -0.4 is 10.6 Å². The smallest absolute Gasteiger partial charge is 0.317 e. The van der Waals surface area contributed by atoms with Crippen LogP contribution in [0.1, 0.15) is 31.4 Å². The van der Waals surface area contributed by atoms with Gasteiger partial charge in [-0.2, -0.15) is 0 Å². The molecule has 0 saturated carbocycles. The molecule has 3 aliphatic heterocycles. The molecule has 3 aliphatic rings. The minimum atomic E-state index is 0.0533. The summed E-state index contributed by atoms with van der Waals surface area (Å²) in [7, 11) is 0. The van der Waals surface area contributed by atoms with Crippen LogP contribution in [0.3, 0.4) is 0 Å². The molecule has 0 aromatic heterocycles. The average molecular weight is 273 g/mol. The molecule has 4 rings (SSSR count). The lowest BCUT2D eigenvalue weighted by Crippen LogP contribution is -2.45. The summed E-state index contributed by atoms with van der Waals surface area (Å²) < 4.78 is 0. The molecule has 1 aromatic carbocycles. The van der Waals surface area contributed by atoms with Gasteiger partial charge in [-0.1, -0.05) is 30.3 Å². The van der Waals surface area contributed by atoms with Gasteiger partial charge in [0.05, 0.1) is 6.04 Å². The Morgan fingerprint density at radius 1 is 1.30 bits per heavy atom. The summed E-state index contributed by atoms with van der Waals surface area (Å²) in [5.74, 6) is 0.617. The van der Waals surface area contributed by atoms with E-state index in [2.05, 4.69) is 22.8 Å². The number of amides is 2. The molecule has 3 heterocycles. The summed E-state index contributed by atoms with van der Waals surface area (Å²) in [6.07, 6.45) is 2.44. The highest BCUT2D eigenvalue weighted by atomic mass is 16.2. The molecule has 0 aliphatic carbocycles. The van der Waals surface area contributed by atoms with E-state index in [1.54, 1.807) is 0 Å². The van der Waals surface area contributed by atoms with Gasteiger partial charge < -0.3 is 15.5 Å². The molecule has 0 spiro atoms. The van der Waals surface area contributed by atoms with Crippen molar-refractivity contribution in [3.63, 3.8) is 0 Å². The van der Waals surface area contributed by atoms with Crippen molar-refractivity contribution in [3.05, 3.63) is 35.9 Å². The highest BCUT2D eigenvalue weighted by Gasteiger charge is 2.31. The molecular formula is C16H23N3O. The number of hydrogen-bond acceptors (Lipinski definition) is 2. The van der Waals surface area contributed by atoms with Gasteiger partial charge in [-0.15, -0.1) is 0 Å². The van der Waals surface area contributed by atoms with Crippen LogP contribution in [-0.2, 0) is 0 Å². The maximum atomic E-state index is 12.4. The van der Waals surface area contributed by atoms with Gasteiger partial charge in [-0.3, -0.25) is 0 Å². The average Bonchev–Trinajstić information content (AvgIpc) is 2.82. The lowest BCUT2D eigenvalue weighted by molar-refractivity contribution is 0.192. The predicted molar refractivity (Wildman–Crippen MR) is 79.5 cm³/mol. The number of carbonyl (C=O) groups is 1. The number of hydrogen-bond donors (Lipinski definition) is 2. The maximum absolute atomic E-state index is 12.4.